The summed E-state index contributed by atoms with van der Waals surface area (Å²) in [4.78, 5) is 25.8. The van der Waals surface area contributed by atoms with Gasteiger partial charge in [0.15, 0.2) is 6.10 Å². The van der Waals surface area contributed by atoms with Crippen LogP contribution < -0.4 is 5.32 Å². The van der Waals surface area contributed by atoms with Crippen LogP contribution in [0.2, 0.25) is 0 Å². The lowest BCUT2D eigenvalue weighted by Gasteiger charge is -2.57. The molecule has 1 atom stereocenters. The van der Waals surface area contributed by atoms with E-state index in [1.54, 1.807) is 6.92 Å². The Labute approximate surface area is 163 Å². The maximum Gasteiger partial charge on any atom is 0.349 e. The zero-order valence-electron chi connectivity index (χ0n) is 15.6. The number of carbonyl (C=O) groups excluding carboxylic acids is 2. The van der Waals surface area contributed by atoms with E-state index in [1.807, 2.05) is 30.3 Å². The summed E-state index contributed by atoms with van der Waals surface area (Å²) in [5, 5.41) is 4.32. The Hall–Kier alpha value is -1.88. The van der Waals surface area contributed by atoms with Gasteiger partial charge in [-0.15, -0.1) is 11.3 Å². The fraction of sp³-hybridized carbons (Fsp3) is 0.545. The number of nitrogens with one attached hydrogen (secondary N) is 1. The van der Waals surface area contributed by atoms with Crippen molar-refractivity contribution in [2.24, 2.45) is 17.8 Å². The highest BCUT2D eigenvalue weighted by Gasteiger charge is 2.51. The molecule has 4 aliphatic rings. The summed E-state index contributed by atoms with van der Waals surface area (Å²) in [6.07, 6.45) is 6.55. The first kappa shape index (κ1) is 17.2. The van der Waals surface area contributed by atoms with E-state index in [0.29, 0.717) is 4.88 Å². The number of benzene rings is 1. The standard InChI is InChI=1S/C22H25NO3S/c1-13(26-21(25)19-9-17-4-2-3-5-18(17)27-19)20(24)23-22-10-14-6-15(11-22)8-16(7-14)12-22/h2-5,9,13-16H,6-8,10-12H2,1H3,(H,23,24)/t13-,14?,15?,16?,22?/m0/s1. The lowest BCUT2D eigenvalue weighted by molar-refractivity contribution is -0.134. The molecule has 1 amide bonds. The van der Waals surface area contributed by atoms with E-state index in [-0.39, 0.29) is 11.4 Å². The fourth-order valence-corrected chi connectivity index (χ4v) is 6.93. The van der Waals surface area contributed by atoms with Crippen LogP contribution in [0.25, 0.3) is 10.1 Å². The van der Waals surface area contributed by atoms with Crippen molar-refractivity contribution in [2.75, 3.05) is 0 Å². The average Bonchev–Trinajstić information content (AvgIpc) is 3.04. The molecule has 4 bridgehead atoms. The molecule has 4 nitrogen and oxygen atoms in total. The molecule has 0 unspecified atom stereocenters. The Kier molecular flexibility index (Phi) is 4.04. The number of rotatable bonds is 4. The van der Waals surface area contributed by atoms with Crippen LogP contribution >= 0.6 is 11.3 Å². The van der Waals surface area contributed by atoms with Gasteiger partial charge < -0.3 is 10.1 Å². The molecule has 27 heavy (non-hydrogen) atoms. The Morgan fingerprint density at radius 3 is 2.37 bits per heavy atom. The molecule has 2 aromatic rings. The van der Waals surface area contributed by atoms with Crippen LogP contribution in [-0.4, -0.2) is 23.5 Å². The summed E-state index contributed by atoms with van der Waals surface area (Å²) >= 11 is 1.41. The first-order chi connectivity index (χ1) is 13.0. The molecule has 6 rings (SSSR count). The second-order valence-corrected chi connectivity index (χ2v) is 9.97. The normalized spacial score (nSPS) is 32.4. The maximum absolute atomic E-state index is 12.8. The highest BCUT2D eigenvalue weighted by Crippen LogP contribution is 2.55. The Morgan fingerprint density at radius 2 is 1.74 bits per heavy atom. The van der Waals surface area contributed by atoms with Gasteiger partial charge in [-0.1, -0.05) is 18.2 Å². The van der Waals surface area contributed by atoms with Gasteiger partial charge in [0, 0.05) is 10.2 Å². The van der Waals surface area contributed by atoms with Gasteiger partial charge in [-0.05, 0) is 80.7 Å². The Morgan fingerprint density at radius 1 is 1.11 bits per heavy atom. The molecule has 1 aromatic heterocycles. The number of carbonyl (C=O) groups is 2. The van der Waals surface area contributed by atoms with Gasteiger partial charge >= 0.3 is 5.97 Å². The molecule has 4 saturated carbocycles. The molecule has 1 aromatic carbocycles. The zero-order chi connectivity index (χ0) is 18.6. The van der Waals surface area contributed by atoms with E-state index < -0.39 is 12.1 Å². The van der Waals surface area contributed by atoms with E-state index >= 15 is 0 Å². The van der Waals surface area contributed by atoms with E-state index in [9.17, 15) is 9.59 Å². The van der Waals surface area contributed by atoms with Crippen molar-refractivity contribution in [3.63, 3.8) is 0 Å². The van der Waals surface area contributed by atoms with Crippen molar-refractivity contribution in [2.45, 2.75) is 57.1 Å². The Bertz CT molecular complexity index is 834. The monoisotopic (exact) mass is 383 g/mol. The van der Waals surface area contributed by atoms with E-state index in [2.05, 4.69) is 5.32 Å². The Balaban J connectivity index is 1.25. The van der Waals surface area contributed by atoms with Crippen molar-refractivity contribution in [1.29, 1.82) is 0 Å². The van der Waals surface area contributed by atoms with Crippen LogP contribution in [0.5, 0.6) is 0 Å². The predicted octanol–water partition coefficient (Wildman–Crippen LogP) is 4.53. The zero-order valence-corrected chi connectivity index (χ0v) is 16.4. The van der Waals surface area contributed by atoms with Crippen LogP contribution in [0.15, 0.2) is 30.3 Å². The van der Waals surface area contributed by atoms with Crippen LogP contribution in [0.1, 0.15) is 55.1 Å². The van der Waals surface area contributed by atoms with Crippen molar-refractivity contribution in [3.8, 4) is 0 Å². The maximum atomic E-state index is 12.8. The van der Waals surface area contributed by atoms with Crippen LogP contribution in [0.4, 0.5) is 0 Å². The quantitative estimate of drug-likeness (QED) is 0.789. The van der Waals surface area contributed by atoms with Crippen molar-refractivity contribution in [1.82, 2.24) is 5.32 Å². The number of hydrogen-bond acceptors (Lipinski definition) is 4. The molecule has 4 aliphatic carbocycles. The van der Waals surface area contributed by atoms with E-state index in [0.717, 1.165) is 47.1 Å². The SMILES string of the molecule is C[C@H](OC(=O)c1cc2ccccc2s1)C(=O)NC12CC3CC(CC(C3)C1)C2. The first-order valence-corrected chi connectivity index (χ1v) is 10.8. The minimum absolute atomic E-state index is 0.0515. The number of hydrogen-bond donors (Lipinski definition) is 1. The summed E-state index contributed by atoms with van der Waals surface area (Å²) < 4.78 is 6.55. The first-order valence-electron chi connectivity index (χ1n) is 10.0. The highest BCUT2D eigenvalue weighted by atomic mass is 32.1. The van der Waals surface area contributed by atoms with Gasteiger partial charge in [-0.2, -0.15) is 0 Å². The molecule has 0 saturated heterocycles. The number of esters is 1. The topological polar surface area (TPSA) is 55.4 Å². The molecule has 4 fully saturated rings. The lowest BCUT2D eigenvalue weighted by Crippen LogP contribution is -2.61. The third kappa shape index (κ3) is 3.16. The number of amides is 1. The molecular formula is C22H25NO3S. The smallest absolute Gasteiger partial charge is 0.349 e. The summed E-state index contributed by atoms with van der Waals surface area (Å²) in [6, 6.07) is 9.71. The van der Waals surface area contributed by atoms with E-state index in [1.165, 1.54) is 30.6 Å². The molecule has 5 heteroatoms. The van der Waals surface area contributed by atoms with Crippen molar-refractivity contribution in [3.05, 3.63) is 35.2 Å². The predicted molar refractivity (Wildman–Crippen MR) is 106 cm³/mol. The van der Waals surface area contributed by atoms with Crippen LogP contribution in [-0.2, 0) is 9.53 Å². The van der Waals surface area contributed by atoms with Crippen molar-refractivity contribution < 1.29 is 14.3 Å². The molecule has 1 N–H and O–H groups in total. The van der Waals surface area contributed by atoms with Crippen LogP contribution in [0.3, 0.4) is 0 Å². The molecule has 1 heterocycles. The molecule has 142 valence electrons. The largest absolute Gasteiger partial charge is 0.448 e. The molecule has 0 spiro atoms. The van der Waals surface area contributed by atoms with Crippen molar-refractivity contribution >= 4 is 33.3 Å². The fourth-order valence-electron chi connectivity index (χ4n) is 5.98. The number of thiophene rings is 1. The third-order valence-electron chi connectivity index (χ3n) is 6.71. The van der Waals surface area contributed by atoms with Gasteiger partial charge in [-0.25, -0.2) is 4.79 Å². The minimum Gasteiger partial charge on any atom is -0.448 e. The van der Waals surface area contributed by atoms with Crippen LogP contribution in [0, 0.1) is 17.8 Å². The van der Waals surface area contributed by atoms with E-state index in [4.69, 9.17) is 4.74 Å². The lowest BCUT2D eigenvalue weighted by atomic mass is 9.53. The second kappa shape index (κ2) is 6.33. The van der Waals surface area contributed by atoms with Gasteiger partial charge in [0.2, 0.25) is 0 Å². The molecule has 0 aliphatic heterocycles. The third-order valence-corrected chi connectivity index (χ3v) is 7.80. The van der Waals surface area contributed by atoms with Gasteiger partial charge in [0.05, 0.1) is 0 Å². The molecule has 0 radical (unpaired) electrons. The van der Waals surface area contributed by atoms with Gasteiger partial charge in [0.1, 0.15) is 4.88 Å². The minimum atomic E-state index is -0.768. The summed E-state index contributed by atoms with van der Waals surface area (Å²) in [6.45, 7) is 1.68. The molecular weight excluding hydrogens is 358 g/mol. The average molecular weight is 384 g/mol. The summed E-state index contributed by atoms with van der Waals surface area (Å²) in [5.41, 5.74) is -0.0515. The number of fused-ring (bicyclic) bond motifs is 1. The summed E-state index contributed by atoms with van der Waals surface area (Å²) in [7, 11) is 0. The van der Waals surface area contributed by atoms with Gasteiger partial charge in [-0.3, -0.25) is 4.79 Å². The number of ether oxygens (including phenoxy) is 1. The second-order valence-electron chi connectivity index (χ2n) is 8.88. The highest BCUT2D eigenvalue weighted by molar-refractivity contribution is 7.20. The van der Waals surface area contributed by atoms with Gasteiger partial charge in [0.25, 0.3) is 5.91 Å². The summed E-state index contributed by atoms with van der Waals surface area (Å²) in [5.74, 6) is 1.75.